The van der Waals surface area contributed by atoms with Crippen molar-refractivity contribution in [2.75, 3.05) is 7.11 Å². The summed E-state index contributed by atoms with van der Waals surface area (Å²) < 4.78 is 10.6. The van der Waals surface area contributed by atoms with Gasteiger partial charge >= 0.3 is 0 Å². The maximum Gasteiger partial charge on any atom is 0.271 e. The molecule has 1 N–H and O–H groups in total. The third kappa shape index (κ3) is 3.46. The first-order chi connectivity index (χ1) is 11.6. The summed E-state index contributed by atoms with van der Waals surface area (Å²) in [4.78, 5) is 20.8. The van der Waals surface area contributed by atoms with E-state index in [1.165, 1.54) is 11.3 Å². The van der Waals surface area contributed by atoms with Gasteiger partial charge in [0.2, 0.25) is 5.89 Å². The van der Waals surface area contributed by atoms with Crippen molar-refractivity contribution in [3.05, 3.63) is 52.7 Å². The van der Waals surface area contributed by atoms with Gasteiger partial charge in [-0.1, -0.05) is 0 Å². The first-order valence-electron chi connectivity index (χ1n) is 7.38. The third-order valence-corrected chi connectivity index (χ3v) is 4.44. The van der Waals surface area contributed by atoms with Crippen LogP contribution in [-0.2, 0) is 6.54 Å². The molecule has 0 bridgehead atoms. The van der Waals surface area contributed by atoms with Gasteiger partial charge in [0.05, 0.1) is 19.3 Å². The molecule has 3 rings (SSSR count). The van der Waals surface area contributed by atoms with E-state index in [-0.39, 0.29) is 12.5 Å². The second-order valence-corrected chi connectivity index (χ2v) is 6.06. The number of carbonyl (C=O) groups excluding carboxylic acids is 1. The quantitative estimate of drug-likeness (QED) is 0.769. The number of methoxy groups -OCH3 is 1. The molecule has 6 nitrogen and oxygen atoms in total. The number of rotatable bonds is 5. The van der Waals surface area contributed by atoms with E-state index in [4.69, 9.17) is 9.15 Å². The molecule has 3 aromatic rings. The van der Waals surface area contributed by atoms with Gasteiger partial charge in [0.1, 0.15) is 22.2 Å². The van der Waals surface area contributed by atoms with Gasteiger partial charge < -0.3 is 14.5 Å². The van der Waals surface area contributed by atoms with Crippen molar-refractivity contribution in [2.45, 2.75) is 20.4 Å². The van der Waals surface area contributed by atoms with Crippen molar-refractivity contribution in [1.29, 1.82) is 0 Å². The molecule has 7 heteroatoms. The summed E-state index contributed by atoms with van der Waals surface area (Å²) in [6, 6.07) is 7.56. The van der Waals surface area contributed by atoms with Crippen LogP contribution < -0.4 is 10.1 Å². The minimum absolute atomic E-state index is 0.239. The Bertz CT molecular complexity index is 833. The normalized spacial score (nSPS) is 10.6. The number of benzene rings is 1. The lowest BCUT2D eigenvalue weighted by molar-refractivity contribution is 0.0943. The molecule has 0 aliphatic rings. The Hall–Kier alpha value is -2.67. The minimum Gasteiger partial charge on any atom is -0.497 e. The molecule has 2 aromatic heterocycles. The molecule has 0 saturated carbocycles. The van der Waals surface area contributed by atoms with Gasteiger partial charge in [0.15, 0.2) is 0 Å². The molecular formula is C17H17N3O3S. The van der Waals surface area contributed by atoms with Gasteiger partial charge in [-0.05, 0) is 38.1 Å². The van der Waals surface area contributed by atoms with E-state index in [0.29, 0.717) is 11.6 Å². The van der Waals surface area contributed by atoms with Crippen molar-refractivity contribution in [1.82, 2.24) is 15.3 Å². The second kappa shape index (κ2) is 6.84. The third-order valence-electron chi connectivity index (χ3n) is 3.55. The molecule has 0 atom stereocenters. The van der Waals surface area contributed by atoms with Crippen LogP contribution in [0.3, 0.4) is 0 Å². The zero-order chi connectivity index (χ0) is 17.1. The lowest BCUT2D eigenvalue weighted by atomic mass is 10.2. The topological polar surface area (TPSA) is 77.2 Å². The maximum absolute atomic E-state index is 12.2. The summed E-state index contributed by atoms with van der Waals surface area (Å²) in [6.07, 6.45) is 0. The number of hydrogen-bond acceptors (Lipinski definition) is 6. The van der Waals surface area contributed by atoms with E-state index in [9.17, 15) is 4.79 Å². The zero-order valence-corrected chi connectivity index (χ0v) is 14.4. The number of amides is 1. The molecule has 0 spiro atoms. The van der Waals surface area contributed by atoms with Crippen molar-refractivity contribution >= 4 is 17.2 Å². The fraction of sp³-hybridized carbons (Fsp3) is 0.235. The average Bonchev–Trinajstić information content (AvgIpc) is 3.20. The number of thiazole rings is 1. The van der Waals surface area contributed by atoms with Gasteiger partial charge in [-0.25, -0.2) is 9.97 Å². The van der Waals surface area contributed by atoms with Crippen LogP contribution in [0.2, 0.25) is 0 Å². The molecule has 2 heterocycles. The van der Waals surface area contributed by atoms with Crippen LogP contribution >= 0.6 is 11.3 Å². The highest BCUT2D eigenvalue weighted by atomic mass is 32.1. The maximum atomic E-state index is 12.2. The number of oxazole rings is 1. The fourth-order valence-electron chi connectivity index (χ4n) is 2.11. The fourth-order valence-corrected chi connectivity index (χ4v) is 2.91. The Morgan fingerprint density at radius 1 is 1.25 bits per heavy atom. The number of carbonyl (C=O) groups is 1. The molecule has 0 aliphatic heterocycles. The zero-order valence-electron chi connectivity index (χ0n) is 13.6. The number of ether oxygens (including phenoxy) is 1. The Morgan fingerprint density at radius 3 is 2.62 bits per heavy atom. The standard InChI is InChI=1S/C17H17N3O3S/c1-10-11(2)23-15(19-10)8-18-16(21)14-9-24-17(20-14)12-4-6-13(22-3)7-5-12/h4-7,9H,8H2,1-3H3,(H,18,21). The van der Waals surface area contributed by atoms with Gasteiger partial charge in [0, 0.05) is 10.9 Å². The molecule has 124 valence electrons. The van der Waals surface area contributed by atoms with Gasteiger partial charge in [0.25, 0.3) is 5.91 Å². The predicted octanol–water partition coefficient (Wildman–Crippen LogP) is 3.35. The monoisotopic (exact) mass is 343 g/mol. The lowest BCUT2D eigenvalue weighted by Crippen LogP contribution is -2.23. The summed E-state index contributed by atoms with van der Waals surface area (Å²) in [5, 5.41) is 5.29. The number of hydrogen-bond donors (Lipinski definition) is 1. The van der Waals surface area contributed by atoms with Crippen molar-refractivity contribution in [2.24, 2.45) is 0 Å². The van der Waals surface area contributed by atoms with E-state index in [0.717, 1.165) is 27.8 Å². The summed E-state index contributed by atoms with van der Waals surface area (Å²) in [7, 11) is 1.62. The average molecular weight is 343 g/mol. The van der Waals surface area contributed by atoms with Crippen LogP contribution in [-0.4, -0.2) is 23.0 Å². The molecule has 0 saturated heterocycles. The first kappa shape index (κ1) is 16.2. The second-order valence-electron chi connectivity index (χ2n) is 5.20. The minimum atomic E-state index is -0.250. The summed E-state index contributed by atoms with van der Waals surface area (Å²) in [5.74, 6) is 1.78. The summed E-state index contributed by atoms with van der Waals surface area (Å²) in [5.41, 5.74) is 2.15. The van der Waals surface area contributed by atoms with Crippen LogP contribution in [0, 0.1) is 13.8 Å². The molecule has 0 radical (unpaired) electrons. The van der Waals surface area contributed by atoms with Gasteiger partial charge in [-0.2, -0.15) is 0 Å². The molecule has 0 fully saturated rings. The summed E-state index contributed by atoms with van der Waals surface area (Å²) in [6.45, 7) is 3.95. The van der Waals surface area contributed by atoms with Crippen LogP contribution in [0.15, 0.2) is 34.1 Å². The van der Waals surface area contributed by atoms with E-state index in [2.05, 4.69) is 15.3 Å². The number of nitrogens with one attached hydrogen (secondary N) is 1. The number of nitrogens with zero attached hydrogens (tertiary/aromatic N) is 2. The number of aryl methyl sites for hydroxylation is 2. The highest BCUT2D eigenvalue weighted by Gasteiger charge is 2.13. The Balaban J connectivity index is 1.66. The molecule has 1 aromatic carbocycles. The lowest BCUT2D eigenvalue weighted by Gasteiger charge is -2.01. The number of aromatic nitrogens is 2. The van der Waals surface area contributed by atoms with Gasteiger partial charge in [-0.3, -0.25) is 4.79 Å². The molecule has 1 amide bonds. The van der Waals surface area contributed by atoms with Crippen molar-refractivity contribution in [3.8, 4) is 16.3 Å². The molecule has 0 unspecified atom stereocenters. The molecular weight excluding hydrogens is 326 g/mol. The summed E-state index contributed by atoms with van der Waals surface area (Å²) >= 11 is 1.42. The Labute approximate surface area is 143 Å². The van der Waals surface area contributed by atoms with Crippen molar-refractivity contribution < 1.29 is 13.9 Å². The highest BCUT2D eigenvalue weighted by Crippen LogP contribution is 2.25. The first-order valence-corrected chi connectivity index (χ1v) is 8.26. The SMILES string of the molecule is COc1ccc(-c2nc(C(=O)NCc3nc(C)c(C)o3)cs2)cc1. The van der Waals surface area contributed by atoms with E-state index >= 15 is 0 Å². The Morgan fingerprint density at radius 2 is 2.00 bits per heavy atom. The van der Waals surface area contributed by atoms with Crippen LogP contribution in [0.5, 0.6) is 5.75 Å². The van der Waals surface area contributed by atoms with E-state index in [1.807, 2.05) is 38.1 Å². The molecule has 0 aliphatic carbocycles. The highest BCUT2D eigenvalue weighted by molar-refractivity contribution is 7.13. The predicted molar refractivity (Wildman–Crippen MR) is 91.2 cm³/mol. The van der Waals surface area contributed by atoms with Crippen LogP contribution in [0.25, 0.3) is 10.6 Å². The van der Waals surface area contributed by atoms with Crippen LogP contribution in [0.1, 0.15) is 27.8 Å². The van der Waals surface area contributed by atoms with E-state index in [1.54, 1.807) is 12.5 Å². The largest absolute Gasteiger partial charge is 0.497 e. The van der Waals surface area contributed by atoms with Gasteiger partial charge in [-0.15, -0.1) is 11.3 Å². The van der Waals surface area contributed by atoms with Crippen molar-refractivity contribution in [3.63, 3.8) is 0 Å². The van der Waals surface area contributed by atoms with E-state index < -0.39 is 0 Å². The van der Waals surface area contributed by atoms with Crippen LogP contribution in [0.4, 0.5) is 0 Å². The Kier molecular flexibility index (Phi) is 4.61. The smallest absolute Gasteiger partial charge is 0.271 e. The molecule has 24 heavy (non-hydrogen) atoms.